The lowest BCUT2D eigenvalue weighted by Gasteiger charge is -2.08. The molecule has 2 aromatic rings. The van der Waals surface area contributed by atoms with E-state index in [2.05, 4.69) is 15.9 Å². The van der Waals surface area contributed by atoms with Crippen LogP contribution in [0.3, 0.4) is 0 Å². The molecule has 19 heavy (non-hydrogen) atoms. The summed E-state index contributed by atoms with van der Waals surface area (Å²) in [6, 6.07) is 10.1. The van der Waals surface area contributed by atoms with E-state index in [0.717, 1.165) is 0 Å². The second kappa shape index (κ2) is 5.81. The smallest absolute Gasteiger partial charge is 0.137 e. The Bertz CT molecular complexity index is 652. The molecule has 0 radical (unpaired) electrons. The van der Waals surface area contributed by atoms with Crippen molar-refractivity contribution < 1.29 is 13.5 Å². The summed E-state index contributed by atoms with van der Waals surface area (Å²) in [5.41, 5.74) is 0.639. The quantitative estimate of drug-likeness (QED) is 0.849. The molecule has 0 saturated heterocycles. The number of hydrogen-bond acceptors (Lipinski definition) is 2. The molecule has 0 unspecified atom stereocenters. The van der Waals surface area contributed by atoms with Crippen molar-refractivity contribution in [3.05, 3.63) is 63.6 Å². The summed E-state index contributed by atoms with van der Waals surface area (Å²) in [6.45, 7) is -0.0283. The minimum absolute atomic E-state index is 0.0283. The van der Waals surface area contributed by atoms with Crippen LogP contribution in [0.5, 0.6) is 5.75 Å². The van der Waals surface area contributed by atoms with Crippen molar-refractivity contribution in [2.45, 2.75) is 6.61 Å². The predicted molar refractivity (Wildman–Crippen MR) is 69.5 cm³/mol. The van der Waals surface area contributed by atoms with E-state index in [0.29, 0.717) is 11.3 Å². The molecule has 0 aliphatic carbocycles. The number of hydrogen-bond donors (Lipinski definition) is 0. The average Bonchev–Trinajstić information content (AvgIpc) is 2.41. The molecule has 96 valence electrons. The first kappa shape index (κ1) is 13.5. The lowest BCUT2D eigenvalue weighted by molar-refractivity contribution is 0.299. The van der Waals surface area contributed by atoms with Gasteiger partial charge in [0, 0.05) is 5.56 Å². The Morgan fingerprint density at radius 1 is 1.11 bits per heavy atom. The van der Waals surface area contributed by atoms with Crippen LogP contribution in [0, 0.1) is 23.0 Å². The third kappa shape index (κ3) is 3.30. The monoisotopic (exact) mass is 323 g/mol. The van der Waals surface area contributed by atoms with Gasteiger partial charge in [0.15, 0.2) is 0 Å². The van der Waals surface area contributed by atoms with Crippen LogP contribution in [0.4, 0.5) is 8.78 Å². The first-order chi connectivity index (χ1) is 9.10. The fraction of sp³-hybridized carbons (Fsp3) is 0.0714. The van der Waals surface area contributed by atoms with Crippen molar-refractivity contribution in [3.8, 4) is 11.8 Å². The molecule has 2 aromatic carbocycles. The Morgan fingerprint density at radius 2 is 1.84 bits per heavy atom. The summed E-state index contributed by atoms with van der Waals surface area (Å²) in [5.74, 6) is -0.430. The van der Waals surface area contributed by atoms with Gasteiger partial charge in [-0.05, 0) is 52.3 Å². The standard InChI is InChI=1S/C14H8BrF2NO/c15-12-6-11(2-4-14(12)17)19-8-10-5-9(7-18)1-3-13(10)16/h1-6H,8H2. The molecule has 0 bridgehead atoms. The van der Waals surface area contributed by atoms with Crippen LogP contribution in [0.15, 0.2) is 40.9 Å². The summed E-state index contributed by atoms with van der Waals surface area (Å²) in [6.07, 6.45) is 0. The highest BCUT2D eigenvalue weighted by atomic mass is 79.9. The summed E-state index contributed by atoms with van der Waals surface area (Å²) in [5, 5.41) is 8.74. The van der Waals surface area contributed by atoms with Gasteiger partial charge < -0.3 is 4.74 Å². The van der Waals surface area contributed by atoms with E-state index in [9.17, 15) is 8.78 Å². The zero-order chi connectivity index (χ0) is 13.8. The second-order valence-electron chi connectivity index (χ2n) is 3.78. The maximum absolute atomic E-state index is 13.5. The molecular weight excluding hydrogens is 316 g/mol. The summed E-state index contributed by atoms with van der Waals surface area (Å²) < 4.78 is 32.2. The van der Waals surface area contributed by atoms with E-state index >= 15 is 0 Å². The highest BCUT2D eigenvalue weighted by Gasteiger charge is 2.06. The van der Waals surface area contributed by atoms with E-state index < -0.39 is 11.6 Å². The highest BCUT2D eigenvalue weighted by Crippen LogP contribution is 2.23. The summed E-state index contributed by atoms with van der Waals surface area (Å²) in [4.78, 5) is 0. The van der Waals surface area contributed by atoms with E-state index in [1.165, 1.54) is 36.4 Å². The molecule has 2 rings (SSSR count). The van der Waals surface area contributed by atoms with Crippen molar-refractivity contribution in [3.63, 3.8) is 0 Å². The number of nitriles is 1. The van der Waals surface area contributed by atoms with E-state index in [4.69, 9.17) is 10.00 Å². The molecule has 0 amide bonds. The number of halogens is 3. The molecule has 0 atom stereocenters. The fourth-order valence-corrected chi connectivity index (χ4v) is 1.84. The van der Waals surface area contributed by atoms with Crippen molar-refractivity contribution in [1.29, 1.82) is 5.26 Å². The molecule has 0 spiro atoms. The molecule has 0 saturated carbocycles. The Labute approximate surface area is 117 Å². The second-order valence-corrected chi connectivity index (χ2v) is 4.64. The van der Waals surface area contributed by atoms with Gasteiger partial charge >= 0.3 is 0 Å². The lowest BCUT2D eigenvalue weighted by atomic mass is 10.1. The Balaban J connectivity index is 2.14. The number of rotatable bonds is 3. The predicted octanol–water partition coefficient (Wildman–Crippen LogP) is 4.18. The minimum Gasteiger partial charge on any atom is -0.489 e. The number of benzene rings is 2. The minimum atomic E-state index is -0.444. The molecular formula is C14H8BrF2NO. The molecule has 2 nitrogen and oxygen atoms in total. The van der Waals surface area contributed by atoms with Gasteiger partial charge in [-0.3, -0.25) is 0 Å². The van der Waals surface area contributed by atoms with Crippen molar-refractivity contribution in [2.75, 3.05) is 0 Å². The Kier molecular flexibility index (Phi) is 4.13. The summed E-state index contributed by atoms with van der Waals surface area (Å²) in [7, 11) is 0. The Hall–Kier alpha value is -1.93. The zero-order valence-electron chi connectivity index (χ0n) is 9.66. The molecule has 0 fully saturated rings. The van der Waals surface area contributed by atoms with Crippen LogP contribution in [0.25, 0.3) is 0 Å². The molecule has 0 aromatic heterocycles. The van der Waals surface area contributed by atoms with Gasteiger partial charge in [-0.2, -0.15) is 5.26 Å². The van der Waals surface area contributed by atoms with Crippen LogP contribution in [-0.4, -0.2) is 0 Å². The molecule has 0 N–H and O–H groups in total. The first-order valence-electron chi connectivity index (χ1n) is 5.36. The molecule has 0 aliphatic heterocycles. The third-order valence-corrected chi connectivity index (χ3v) is 3.07. The van der Waals surface area contributed by atoms with Crippen LogP contribution in [0.1, 0.15) is 11.1 Å². The van der Waals surface area contributed by atoms with Crippen molar-refractivity contribution >= 4 is 15.9 Å². The van der Waals surface area contributed by atoms with Crippen molar-refractivity contribution in [1.82, 2.24) is 0 Å². The lowest BCUT2D eigenvalue weighted by Crippen LogP contribution is -1.99. The molecule has 0 aliphatic rings. The normalized spacial score (nSPS) is 10.0. The van der Waals surface area contributed by atoms with Gasteiger partial charge in [0.2, 0.25) is 0 Å². The van der Waals surface area contributed by atoms with E-state index in [1.54, 1.807) is 0 Å². The van der Waals surface area contributed by atoms with Crippen LogP contribution in [0.2, 0.25) is 0 Å². The van der Waals surface area contributed by atoms with Crippen LogP contribution in [-0.2, 0) is 6.61 Å². The summed E-state index contributed by atoms with van der Waals surface area (Å²) >= 11 is 3.04. The maximum atomic E-state index is 13.5. The number of nitrogens with zero attached hydrogens (tertiary/aromatic N) is 1. The highest BCUT2D eigenvalue weighted by molar-refractivity contribution is 9.10. The van der Waals surface area contributed by atoms with Gasteiger partial charge in [-0.25, -0.2) is 8.78 Å². The van der Waals surface area contributed by atoms with Gasteiger partial charge in [-0.1, -0.05) is 0 Å². The van der Waals surface area contributed by atoms with Gasteiger partial charge in [0.1, 0.15) is 24.0 Å². The zero-order valence-corrected chi connectivity index (χ0v) is 11.2. The first-order valence-corrected chi connectivity index (χ1v) is 6.16. The molecule has 5 heteroatoms. The maximum Gasteiger partial charge on any atom is 0.137 e. The van der Waals surface area contributed by atoms with Gasteiger partial charge in [0.05, 0.1) is 16.1 Å². The van der Waals surface area contributed by atoms with Crippen molar-refractivity contribution in [2.24, 2.45) is 0 Å². The van der Waals surface area contributed by atoms with Gasteiger partial charge in [-0.15, -0.1) is 0 Å². The topological polar surface area (TPSA) is 33.0 Å². The third-order valence-electron chi connectivity index (χ3n) is 2.46. The molecule has 0 heterocycles. The largest absolute Gasteiger partial charge is 0.489 e. The average molecular weight is 324 g/mol. The van der Waals surface area contributed by atoms with Gasteiger partial charge in [0.25, 0.3) is 0 Å². The Morgan fingerprint density at radius 3 is 2.53 bits per heavy atom. The van der Waals surface area contributed by atoms with Crippen LogP contribution >= 0.6 is 15.9 Å². The number of ether oxygens (including phenoxy) is 1. The van der Waals surface area contributed by atoms with Crippen LogP contribution < -0.4 is 4.74 Å². The SMILES string of the molecule is N#Cc1ccc(F)c(COc2ccc(F)c(Br)c2)c1. The van der Waals surface area contributed by atoms with E-state index in [1.807, 2.05) is 6.07 Å². The fourth-order valence-electron chi connectivity index (χ4n) is 1.48. The van der Waals surface area contributed by atoms with E-state index in [-0.39, 0.29) is 16.6 Å².